The second-order valence-electron chi connectivity index (χ2n) is 1.25. The summed E-state index contributed by atoms with van der Waals surface area (Å²) in [4.78, 5) is 41.7. The van der Waals surface area contributed by atoms with Gasteiger partial charge in [-0.2, -0.15) is 0 Å². The first-order chi connectivity index (χ1) is 8.66. The molecule has 0 aliphatic rings. The molecule has 0 aromatic heterocycles. The minimum atomic E-state index is -2.33. The van der Waals surface area contributed by atoms with Gasteiger partial charge in [0.05, 0.1) is 0 Å². The minimum Gasteiger partial charge on any atom is -1.00 e. The predicted octanol–water partition coefficient (Wildman–Crippen LogP) is -41.6. The van der Waals surface area contributed by atoms with Crippen LogP contribution < -0.4 is 193 Å². The van der Waals surface area contributed by atoms with Crippen LogP contribution in [0.3, 0.4) is 0 Å². The summed E-state index contributed by atoms with van der Waals surface area (Å²) in [5, 5.41) is 83.3. The van der Waals surface area contributed by atoms with E-state index in [9.17, 15) is 0 Å². The number of carbonyl (C=O) groups is 5. The van der Waals surface area contributed by atoms with Gasteiger partial charge in [0.2, 0.25) is 0 Å². The van der Waals surface area contributed by atoms with Crippen LogP contribution >= 0.6 is 0 Å². The number of halogens is 5. The van der Waals surface area contributed by atoms with Crippen molar-refractivity contribution in [3.05, 3.63) is 0 Å². The molecule has 0 heterocycles. The van der Waals surface area contributed by atoms with E-state index in [4.69, 9.17) is 75.0 Å². The maximum absolute atomic E-state index is 8.33. The summed E-state index contributed by atoms with van der Waals surface area (Å²) < 4.78 is 0. The zero-order valence-corrected chi connectivity index (χ0v) is 42.6. The molecule has 0 atom stereocenters. The fraction of sp³-hybridized carbons (Fsp3) is 0. The van der Waals surface area contributed by atoms with E-state index in [-0.39, 0.29) is 388 Å². The van der Waals surface area contributed by atoms with Gasteiger partial charge in [-0.05, 0) is 30.8 Å². The van der Waals surface area contributed by atoms with Crippen LogP contribution in [0.15, 0.2) is 0 Å². The average Bonchev–Trinajstić information content (AvgIpc) is 1.94. The Morgan fingerprint density at radius 3 is 0.262 bits per heavy atom. The van der Waals surface area contributed by atoms with Gasteiger partial charge in [0.1, 0.15) is 0 Å². The quantitative estimate of drug-likeness (QED) is 0.161. The maximum Gasteiger partial charge on any atom is 2.00 e. The Bertz CT molecular complexity index is 278. The molecule has 0 amide bonds. The first-order valence-corrected chi connectivity index (χ1v) is 3.06. The summed E-state index contributed by atoms with van der Waals surface area (Å²) in [6.07, 6.45) is -11.7. The third-order valence-electron chi connectivity index (χ3n) is 0. The van der Waals surface area contributed by atoms with Gasteiger partial charge in [-0.15, -0.1) is 0 Å². The minimum absolute atomic E-state index is 0. The van der Waals surface area contributed by atoms with Gasteiger partial charge in [0.15, 0.2) is 0 Å². The van der Waals surface area contributed by atoms with Crippen LogP contribution in [0.25, 0.3) is 0 Å². The molecule has 0 aromatic rings. The van der Waals surface area contributed by atoms with E-state index in [0.29, 0.717) is 0 Å². The van der Waals surface area contributed by atoms with Gasteiger partial charge >= 0.3 is 337 Å². The summed E-state index contributed by atoms with van der Waals surface area (Å²) >= 11 is 0. The average molecular weight is 952 g/mol. The molecule has 37 heteroatoms. The number of carboxylic acid groups (broad SMARTS) is 10. The molecule has 0 unspecified atom stereocenters. The Morgan fingerprint density at radius 1 is 0.262 bits per heavy atom. The standard InChI is InChI=1S/5CH2O3.4Ca.5FH.4Mn.4Na.5H2O/c5*2-1(3)4;;;;;;;;;;;;;;;;;;;;;;/h5*(H2,2,3,4);;;;;5*1H;;;;;;;;;5*1H2/q;;;;;4*+2;;;;;;4*+2;4*+1;;;;;/p-20. The van der Waals surface area contributed by atoms with Crippen molar-refractivity contribution in [2.24, 2.45) is 0 Å². The summed E-state index contributed by atoms with van der Waals surface area (Å²) in [6, 6.07) is 0. The van der Waals surface area contributed by atoms with Gasteiger partial charge in [-0.3, -0.25) is 0 Å². The molecular weight excluding hydrogens is 947 g/mol. The topological polar surface area (TPSA) is 466 Å². The summed E-state index contributed by atoms with van der Waals surface area (Å²) in [7, 11) is 0. The van der Waals surface area contributed by atoms with E-state index in [1.165, 1.54) is 0 Å². The zero-order chi connectivity index (χ0) is 17.9. The largest absolute Gasteiger partial charge is 2.00 e. The smallest absolute Gasteiger partial charge is 1.00 e. The molecule has 0 aliphatic heterocycles. The Kier molecular flexibility index (Phi) is 1220. The van der Waals surface area contributed by atoms with Crippen LogP contribution in [-0.2, 0) is 68.3 Å². The molecule has 5 N–H and O–H groups in total. The molecular formula is C5H5Ca4F5Mn4Na4O20. The van der Waals surface area contributed by atoms with Gasteiger partial charge in [0, 0.05) is 0 Å². The SMILES string of the molecule is O=C([O-])[O-].O=C([O-])[O-].O=C([O-])[O-].O=C([O-])[O-].O=C([O-])[O-].[Ca+2].[Ca+2].[Ca+2].[Ca+2].[F-].[F-].[F-].[F-].[F-].[Mn+2].[Mn+2].[Mn+2].[Mn+2].[Na+].[Na+].[Na+].[Na+].[OH-].[OH-].[OH-].[OH-].[OH-]. The second-order valence-corrected chi connectivity index (χ2v) is 1.25. The van der Waals surface area contributed by atoms with Crippen molar-refractivity contribution in [3.8, 4) is 0 Å². The predicted molar refractivity (Wildman–Crippen MR) is 59.7 cm³/mol. The molecule has 0 bridgehead atoms. The van der Waals surface area contributed by atoms with Crippen LogP contribution in [0.1, 0.15) is 0 Å². The monoisotopic (exact) mass is 951 g/mol. The molecule has 0 spiro atoms. The van der Waals surface area contributed by atoms with E-state index in [0.717, 1.165) is 0 Å². The van der Waals surface area contributed by atoms with E-state index in [1.54, 1.807) is 0 Å². The van der Waals surface area contributed by atoms with Crippen LogP contribution in [-0.4, -0.2) is 209 Å². The molecule has 220 valence electrons. The van der Waals surface area contributed by atoms with Crippen molar-refractivity contribution in [1.82, 2.24) is 0 Å². The van der Waals surface area contributed by atoms with Crippen molar-refractivity contribution in [3.63, 3.8) is 0 Å². The third kappa shape index (κ3) is 2070. The van der Waals surface area contributed by atoms with Crippen molar-refractivity contribution >= 4 is 182 Å². The van der Waals surface area contributed by atoms with Gasteiger partial charge in [-0.25, -0.2) is 0 Å². The molecule has 20 nitrogen and oxygen atoms in total. The normalized spacial score (nSPS) is 2.86. The summed E-state index contributed by atoms with van der Waals surface area (Å²) in [5.41, 5.74) is 0. The Balaban J connectivity index is -0.00000000237. The van der Waals surface area contributed by atoms with E-state index in [2.05, 4.69) is 0 Å². The Hall–Kier alpha value is 6.92. The van der Waals surface area contributed by atoms with Crippen LogP contribution in [0.5, 0.6) is 0 Å². The van der Waals surface area contributed by atoms with E-state index in [1.807, 2.05) is 0 Å². The first kappa shape index (κ1) is 234. The van der Waals surface area contributed by atoms with E-state index < -0.39 is 30.8 Å². The number of rotatable bonds is 0. The molecule has 42 heavy (non-hydrogen) atoms. The Labute approximate surface area is 483 Å². The summed E-state index contributed by atoms with van der Waals surface area (Å²) in [6.45, 7) is 0. The second kappa shape index (κ2) is 220. The third-order valence-corrected chi connectivity index (χ3v) is 0. The van der Waals surface area contributed by atoms with Crippen molar-refractivity contribution in [2.75, 3.05) is 0 Å². The molecule has 0 fully saturated rings. The first-order valence-electron chi connectivity index (χ1n) is 3.06. The molecule has 4 radical (unpaired) electrons. The van der Waals surface area contributed by atoms with Gasteiger partial charge < -0.3 is 126 Å². The number of hydrogen-bond acceptors (Lipinski definition) is 20. The van der Waals surface area contributed by atoms with E-state index >= 15 is 0 Å². The van der Waals surface area contributed by atoms with Gasteiger partial charge in [0.25, 0.3) is 0 Å². The molecule has 0 rings (SSSR count). The van der Waals surface area contributed by atoms with Crippen molar-refractivity contribution in [2.45, 2.75) is 0 Å². The van der Waals surface area contributed by atoms with Crippen LogP contribution in [0, 0.1) is 0 Å². The Morgan fingerprint density at radius 2 is 0.262 bits per heavy atom. The molecule has 0 saturated carbocycles. The number of carbonyl (C=O) groups excluding carboxylic acids is 5. The molecule has 0 saturated heterocycles. The maximum atomic E-state index is 8.33. The fourth-order valence-electron chi connectivity index (χ4n) is 0. The van der Waals surface area contributed by atoms with Gasteiger partial charge in [-0.1, -0.05) is 0 Å². The van der Waals surface area contributed by atoms with Crippen molar-refractivity contribution < 1.29 is 312 Å². The van der Waals surface area contributed by atoms with Crippen LogP contribution in [0.2, 0.25) is 0 Å². The van der Waals surface area contributed by atoms with Crippen LogP contribution in [0.4, 0.5) is 24.0 Å². The zero-order valence-electron chi connectivity index (χ0n) is 21.1. The number of hydrogen-bond donors (Lipinski definition) is 0. The van der Waals surface area contributed by atoms with Crippen molar-refractivity contribution in [1.29, 1.82) is 0 Å². The summed E-state index contributed by atoms with van der Waals surface area (Å²) in [5.74, 6) is 0. The molecule has 0 aromatic carbocycles. The fourth-order valence-corrected chi connectivity index (χ4v) is 0. The molecule has 0 aliphatic carbocycles.